The average Bonchev–Trinajstić information content (AvgIpc) is 3.08. The molecule has 0 spiro atoms. The first-order valence-corrected chi connectivity index (χ1v) is 8.53. The second-order valence-corrected chi connectivity index (χ2v) is 6.99. The first-order chi connectivity index (χ1) is 12.9. The van der Waals surface area contributed by atoms with Gasteiger partial charge in [0.15, 0.2) is 0 Å². The summed E-state index contributed by atoms with van der Waals surface area (Å²) in [5.74, 6) is 0. The number of fused-ring (bicyclic) bond motifs is 4. The molecule has 0 fully saturated rings. The third-order valence-electron chi connectivity index (χ3n) is 4.82. The van der Waals surface area contributed by atoms with E-state index in [1.807, 2.05) is 0 Å². The maximum atomic E-state index is 12.0. The van der Waals surface area contributed by atoms with E-state index in [4.69, 9.17) is 0 Å². The van der Waals surface area contributed by atoms with Gasteiger partial charge in [-0.3, -0.25) is 14.6 Å². The predicted octanol–water partition coefficient (Wildman–Crippen LogP) is -1.46. The van der Waals surface area contributed by atoms with Gasteiger partial charge < -0.3 is 14.6 Å². The van der Waals surface area contributed by atoms with Gasteiger partial charge in [-0.1, -0.05) is 0 Å². The number of aromatic nitrogens is 2. The fraction of sp³-hybridized carbons (Fsp3) is 0. The fourth-order valence-corrected chi connectivity index (χ4v) is 4.22. The summed E-state index contributed by atoms with van der Waals surface area (Å²) in [5.41, 5.74) is -2.05. The largest absolute Gasteiger partial charge is 1.00 e. The molecule has 0 radical (unpaired) electrons. The van der Waals surface area contributed by atoms with Gasteiger partial charge in [0.1, 0.15) is 6.07 Å². The molecule has 0 saturated heterocycles. The zero-order valence-electron chi connectivity index (χ0n) is 14.2. The Morgan fingerprint density at radius 1 is 0.750 bits per heavy atom. The van der Waals surface area contributed by atoms with Crippen LogP contribution in [-0.4, -0.2) is 4.98 Å². The summed E-state index contributed by atoms with van der Waals surface area (Å²) < 4.78 is 0.552. The van der Waals surface area contributed by atoms with Gasteiger partial charge in [0.05, 0.1) is 27.5 Å². The van der Waals surface area contributed by atoms with Crippen molar-refractivity contribution in [3.05, 3.63) is 75.7 Å². The van der Waals surface area contributed by atoms with E-state index in [1.165, 1.54) is 18.2 Å². The number of rotatable bonds is 0. The van der Waals surface area contributed by atoms with E-state index in [1.54, 1.807) is 6.07 Å². The molecule has 0 unspecified atom stereocenters. The van der Waals surface area contributed by atoms with Crippen molar-refractivity contribution < 1.29 is 58.2 Å². The summed E-state index contributed by atoms with van der Waals surface area (Å²) in [6.45, 7) is 0. The Labute approximate surface area is 211 Å². The number of benzene rings is 3. The van der Waals surface area contributed by atoms with Crippen LogP contribution in [0.15, 0.2) is 47.9 Å². The molecule has 0 aliphatic heterocycles. The third-order valence-corrected chi connectivity index (χ3v) is 5.67. The number of nitriles is 1. The molecule has 2 heterocycles. The summed E-state index contributed by atoms with van der Waals surface area (Å²) in [6, 6.07) is 8.14. The molecule has 128 valence electrons. The Kier molecular flexibility index (Phi) is 4.64. The van der Waals surface area contributed by atoms with Gasteiger partial charge in [-0.2, -0.15) is 5.26 Å². The van der Waals surface area contributed by atoms with Crippen molar-refractivity contribution in [2.45, 2.75) is 0 Å². The van der Waals surface area contributed by atoms with E-state index in [9.17, 15) is 24.4 Å². The molecule has 0 bridgehead atoms. The van der Waals surface area contributed by atoms with E-state index in [2.05, 4.69) is 32.0 Å². The molecule has 1 N–H and O–H groups in total. The van der Waals surface area contributed by atoms with Crippen LogP contribution in [0.1, 0.15) is 5.56 Å². The summed E-state index contributed by atoms with van der Waals surface area (Å²) >= 11 is 3.48. The van der Waals surface area contributed by atoms with Gasteiger partial charge in [0, 0.05) is 26.0 Å². The second-order valence-electron chi connectivity index (χ2n) is 6.19. The summed E-state index contributed by atoms with van der Waals surface area (Å²) in [7, 11) is 0. The Bertz CT molecular complexity index is 1610. The number of H-pyrrole nitrogens is 1. The summed E-state index contributed by atoms with van der Waals surface area (Å²) in [4.78, 5) is 53.5. The molecule has 9 heteroatoms. The first-order valence-electron chi connectivity index (χ1n) is 7.74. The number of hydrogen-bond donors (Lipinski definition) is 1. The number of hydrogen-bond acceptors (Lipinski definition) is 5. The first kappa shape index (κ1) is 19.5. The molecule has 3 aromatic carbocycles. The Morgan fingerprint density at radius 3 is 1.68 bits per heavy atom. The fourth-order valence-electron chi connectivity index (χ4n) is 3.57. The molecule has 7 nitrogen and oxygen atoms in total. The normalized spacial score (nSPS) is 11.3. The molecule has 0 atom stereocenters. The maximum absolute atomic E-state index is 12.0. The zero-order chi connectivity index (χ0) is 19.0. The van der Waals surface area contributed by atoms with Gasteiger partial charge in [-0.15, -0.1) is 0 Å². The van der Waals surface area contributed by atoms with Crippen molar-refractivity contribution in [3.8, 4) is 6.07 Å². The van der Waals surface area contributed by atoms with Crippen LogP contribution in [0.4, 0.5) is 0 Å². The van der Waals surface area contributed by atoms with Crippen molar-refractivity contribution in [3.63, 3.8) is 0 Å². The molecule has 0 saturated carbocycles. The smallest absolute Gasteiger partial charge is 0.587 e. The SMILES string of the molecule is N#Cc1c2cc3c(=O)[n-]c(=O)c3cc2c(Br)c2cc3c(=O)[nH]c(=O)c3cc12.[Rb+]. The Hall–Kier alpha value is -1.76. The minimum absolute atomic E-state index is 0. The maximum Gasteiger partial charge on any atom is 1.00 e. The van der Waals surface area contributed by atoms with Gasteiger partial charge in [0.25, 0.3) is 11.1 Å². The van der Waals surface area contributed by atoms with Crippen molar-refractivity contribution >= 4 is 59.0 Å². The van der Waals surface area contributed by atoms with Crippen molar-refractivity contribution in [1.82, 2.24) is 9.97 Å². The monoisotopic (exact) mass is 503 g/mol. The number of halogens is 1. The summed E-state index contributed by atoms with van der Waals surface area (Å²) in [6.07, 6.45) is 0. The standard InChI is InChI=1S/C19H6BrN3O4.Rb/c20-15-8-3-12-10(16(24)22-18(12)26)1-6(8)14(5-21)7-2-11-13(4-9(7)15)19(27)23-17(11)25;/h1-4H,(H2,22,23,24,25,26,27);/q;+1/p-1. The van der Waals surface area contributed by atoms with Crippen LogP contribution >= 0.6 is 15.9 Å². The number of aromatic amines is 1. The van der Waals surface area contributed by atoms with Crippen LogP contribution in [0.3, 0.4) is 0 Å². The minimum Gasteiger partial charge on any atom is -0.587 e. The zero-order valence-corrected chi connectivity index (χ0v) is 20.7. The van der Waals surface area contributed by atoms with Crippen LogP contribution in [0.2, 0.25) is 0 Å². The van der Waals surface area contributed by atoms with E-state index in [0.717, 1.165) is 0 Å². The molecular formula is C19H5BrN3O4Rb. The van der Waals surface area contributed by atoms with Gasteiger partial charge >= 0.3 is 58.2 Å². The van der Waals surface area contributed by atoms with Crippen LogP contribution < -0.4 is 85.4 Å². The van der Waals surface area contributed by atoms with Crippen LogP contribution in [0.5, 0.6) is 0 Å². The van der Waals surface area contributed by atoms with Crippen molar-refractivity contribution in [1.29, 1.82) is 5.26 Å². The van der Waals surface area contributed by atoms with Crippen LogP contribution in [-0.2, 0) is 0 Å². The molecule has 2 aromatic heterocycles. The topological polar surface area (TPSA) is 122 Å². The average molecular weight is 505 g/mol. The number of nitrogens with one attached hydrogen (secondary N) is 1. The molecule has 28 heavy (non-hydrogen) atoms. The predicted molar refractivity (Wildman–Crippen MR) is 104 cm³/mol. The third kappa shape index (κ3) is 2.51. The van der Waals surface area contributed by atoms with E-state index < -0.39 is 22.2 Å². The van der Waals surface area contributed by atoms with Crippen LogP contribution in [0, 0.1) is 11.3 Å². The molecule has 5 aromatic rings. The summed E-state index contributed by atoms with van der Waals surface area (Å²) in [5, 5.41) is 12.5. The van der Waals surface area contributed by atoms with Crippen molar-refractivity contribution in [2.75, 3.05) is 0 Å². The van der Waals surface area contributed by atoms with Crippen LogP contribution in [0.25, 0.3) is 43.1 Å². The second kappa shape index (κ2) is 6.64. The van der Waals surface area contributed by atoms with E-state index >= 15 is 0 Å². The molecule has 5 rings (SSSR count). The Morgan fingerprint density at radius 2 is 1.18 bits per heavy atom. The molecular weight excluding hydrogens is 500 g/mol. The molecule has 0 amide bonds. The Balaban J connectivity index is 0.00000192. The van der Waals surface area contributed by atoms with E-state index in [0.29, 0.717) is 26.0 Å². The van der Waals surface area contributed by atoms with Crippen molar-refractivity contribution in [2.24, 2.45) is 0 Å². The molecule has 0 aliphatic carbocycles. The minimum atomic E-state index is -0.643. The van der Waals surface area contributed by atoms with E-state index in [-0.39, 0.29) is 85.3 Å². The number of nitrogens with zero attached hydrogens (tertiary/aromatic N) is 2. The van der Waals surface area contributed by atoms with Gasteiger partial charge in [0.2, 0.25) is 0 Å². The molecule has 0 aliphatic rings. The quantitative estimate of drug-likeness (QED) is 0.257. The van der Waals surface area contributed by atoms with Gasteiger partial charge in [-0.05, 0) is 51.0 Å². The van der Waals surface area contributed by atoms with Gasteiger partial charge in [-0.25, -0.2) is 0 Å².